The van der Waals surface area contributed by atoms with Crippen LogP contribution in [0.2, 0.25) is 0 Å². The van der Waals surface area contributed by atoms with Gasteiger partial charge in [-0.3, -0.25) is 4.79 Å². The van der Waals surface area contributed by atoms with E-state index in [1.54, 1.807) is 0 Å². The SMILES string of the molecule is Cc1cc(NC(=O)C2(C(N)=S)CCCCC2)ccc1Br. The van der Waals surface area contributed by atoms with Gasteiger partial charge in [0.15, 0.2) is 0 Å². The van der Waals surface area contributed by atoms with E-state index < -0.39 is 5.41 Å². The van der Waals surface area contributed by atoms with Crippen molar-refractivity contribution >= 4 is 44.7 Å². The number of halogens is 1. The summed E-state index contributed by atoms with van der Waals surface area (Å²) in [6, 6.07) is 5.75. The fourth-order valence-electron chi connectivity index (χ4n) is 2.71. The molecule has 3 N–H and O–H groups in total. The lowest BCUT2D eigenvalue weighted by molar-refractivity contribution is -0.123. The molecule has 0 atom stereocenters. The molecule has 0 bridgehead atoms. The molecule has 1 aromatic rings. The van der Waals surface area contributed by atoms with Crippen molar-refractivity contribution in [2.24, 2.45) is 11.1 Å². The van der Waals surface area contributed by atoms with E-state index in [9.17, 15) is 4.79 Å². The van der Waals surface area contributed by atoms with Crippen molar-refractivity contribution in [3.8, 4) is 0 Å². The third-order valence-electron chi connectivity index (χ3n) is 4.03. The Balaban J connectivity index is 2.20. The van der Waals surface area contributed by atoms with Crippen molar-refractivity contribution in [3.63, 3.8) is 0 Å². The van der Waals surface area contributed by atoms with Crippen LogP contribution in [0, 0.1) is 12.3 Å². The number of hydrogen-bond donors (Lipinski definition) is 2. The summed E-state index contributed by atoms with van der Waals surface area (Å²) < 4.78 is 1.03. The quantitative estimate of drug-likeness (QED) is 0.808. The average Bonchev–Trinajstić information content (AvgIpc) is 2.43. The van der Waals surface area contributed by atoms with Crippen LogP contribution in [0.1, 0.15) is 37.7 Å². The Labute approximate surface area is 133 Å². The molecule has 0 heterocycles. The highest BCUT2D eigenvalue weighted by atomic mass is 79.9. The normalized spacial score (nSPS) is 17.5. The average molecular weight is 355 g/mol. The Kier molecular flexibility index (Phi) is 4.81. The summed E-state index contributed by atoms with van der Waals surface area (Å²) in [6.45, 7) is 1.99. The summed E-state index contributed by atoms with van der Waals surface area (Å²) in [6.07, 6.45) is 4.66. The maximum atomic E-state index is 12.6. The third-order valence-corrected chi connectivity index (χ3v) is 5.31. The van der Waals surface area contributed by atoms with Crippen molar-refractivity contribution < 1.29 is 4.79 Å². The van der Waals surface area contributed by atoms with Gasteiger partial charge in [-0.1, -0.05) is 47.4 Å². The van der Waals surface area contributed by atoms with Crippen molar-refractivity contribution in [1.82, 2.24) is 0 Å². The molecule has 0 aliphatic heterocycles. The van der Waals surface area contributed by atoms with E-state index in [1.165, 1.54) is 0 Å². The fraction of sp³-hybridized carbons (Fsp3) is 0.467. The Morgan fingerprint density at radius 1 is 1.35 bits per heavy atom. The molecule has 1 amide bonds. The van der Waals surface area contributed by atoms with Crippen molar-refractivity contribution in [1.29, 1.82) is 0 Å². The van der Waals surface area contributed by atoms with Gasteiger partial charge in [0.05, 0.1) is 10.4 Å². The van der Waals surface area contributed by atoms with E-state index in [0.717, 1.165) is 47.8 Å². The molecule has 1 aromatic carbocycles. The van der Waals surface area contributed by atoms with Gasteiger partial charge >= 0.3 is 0 Å². The first-order chi connectivity index (χ1) is 9.45. The summed E-state index contributed by atoms with van der Waals surface area (Å²) in [5.74, 6) is -0.0635. The van der Waals surface area contributed by atoms with E-state index >= 15 is 0 Å². The number of benzene rings is 1. The van der Waals surface area contributed by atoms with Gasteiger partial charge in [0.25, 0.3) is 0 Å². The van der Waals surface area contributed by atoms with Crippen molar-refractivity contribution in [2.75, 3.05) is 5.32 Å². The predicted octanol–water partition coefficient (Wildman–Crippen LogP) is 3.93. The Bertz CT molecular complexity index is 539. The highest BCUT2D eigenvalue weighted by molar-refractivity contribution is 9.10. The zero-order chi connectivity index (χ0) is 14.8. The monoisotopic (exact) mass is 354 g/mol. The number of hydrogen-bond acceptors (Lipinski definition) is 2. The standard InChI is InChI=1S/C15H19BrN2OS/c1-10-9-11(5-6-12(10)16)18-14(19)15(13(17)20)7-3-2-4-8-15/h5-6,9H,2-4,7-8H2,1H3,(H2,17,20)(H,18,19). The van der Waals surface area contributed by atoms with Gasteiger partial charge in [-0.25, -0.2) is 0 Å². The number of carbonyl (C=O) groups is 1. The number of carbonyl (C=O) groups excluding carboxylic acids is 1. The van der Waals surface area contributed by atoms with Crippen LogP contribution in [0.15, 0.2) is 22.7 Å². The minimum Gasteiger partial charge on any atom is -0.392 e. The van der Waals surface area contributed by atoms with Crippen LogP contribution in [0.4, 0.5) is 5.69 Å². The second-order valence-electron chi connectivity index (χ2n) is 5.43. The molecule has 108 valence electrons. The number of nitrogens with two attached hydrogens (primary N) is 1. The van der Waals surface area contributed by atoms with E-state index in [1.807, 2.05) is 25.1 Å². The molecule has 0 saturated heterocycles. The van der Waals surface area contributed by atoms with Gasteiger partial charge in [-0.05, 0) is 43.5 Å². The lowest BCUT2D eigenvalue weighted by Gasteiger charge is -2.34. The fourth-order valence-corrected chi connectivity index (χ4v) is 3.26. The summed E-state index contributed by atoms with van der Waals surface area (Å²) in [5.41, 5.74) is 7.07. The molecule has 1 fully saturated rings. The predicted molar refractivity (Wildman–Crippen MR) is 89.8 cm³/mol. The van der Waals surface area contributed by atoms with E-state index in [0.29, 0.717) is 4.99 Å². The number of aryl methyl sites for hydroxylation is 1. The molecular formula is C15H19BrN2OS. The summed E-state index contributed by atoms with van der Waals surface area (Å²) in [7, 11) is 0. The maximum Gasteiger partial charge on any atom is 0.237 e. The molecule has 2 rings (SSSR count). The van der Waals surface area contributed by atoms with Crippen LogP contribution in [0.3, 0.4) is 0 Å². The molecule has 0 unspecified atom stereocenters. The van der Waals surface area contributed by atoms with Crippen LogP contribution in [0.5, 0.6) is 0 Å². The molecule has 1 aliphatic carbocycles. The number of rotatable bonds is 3. The molecular weight excluding hydrogens is 336 g/mol. The summed E-state index contributed by atoms with van der Waals surface area (Å²) in [5, 5.41) is 2.97. The first kappa shape index (κ1) is 15.4. The molecule has 0 radical (unpaired) electrons. The molecule has 1 saturated carbocycles. The Morgan fingerprint density at radius 3 is 2.55 bits per heavy atom. The smallest absolute Gasteiger partial charge is 0.237 e. The van der Waals surface area contributed by atoms with Crippen molar-refractivity contribution in [3.05, 3.63) is 28.2 Å². The summed E-state index contributed by atoms with van der Waals surface area (Å²) >= 11 is 8.63. The third kappa shape index (κ3) is 3.04. The lowest BCUT2D eigenvalue weighted by atomic mass is 9.73. The number of anilines is 1. The van der Waals surface area contributed by atoms with Gasteiger partial charge in [-0.15, -0.1) is 0 Å². The van der Waals surface area contributed by atoms with E-state index in [4.69, 9.17) is 18.0 Å². The van der Waals surface area contributed by atoms with Crippen LogP contribution < -0.4 is 11.1 Å². The second kappa shape index (κ2) is 6.22. The number of amides is 1. The molecule has 3 nitrogen and oxygen atoms in total. The number of thiocarbonyl (C=S) groups is 1. The molecule has 5 heteroatoms. The minimum absolute atomic E-state index is 0.0635. The van der Waals surface area contributed by atoms with Gasteiger partial charge in [-0.2, -0.15) is 0 Å². The summed E-state index contributed by atoms with van der Waals surface area (Å²) in [4.78, 5) is 13.0. The zero-order valence-electron chi connectivity index (χ0n) is 11.5. The number of nitrogens with one attached hydrogen (secondary N) is 1. The van der Waals surface area contributed by atoms with Crippen LogP contribution in [-0.2, 0) is 4.79 Å². The van der Waals surface area contributed by atoms with Gasteiger partial charge in [0.2, 0.25) is 5.91 Å². The maximum absolute atomic E-state index is 12.6. The first-order valence-corrected chi connectivity index (χ1v) is 8.03. The van der Waals surface area contributed by atoms with Gasteiger partial charge < -0.3 is 11.1 Å². The molecule has 1 aliphatic rings. The molecule has 20 heavy (non-hydrogen) atoms. The highest BCUT2D eigenvalue weighted by Crippen LogP contribution is 2.38. The topological polar surface area (TPSA) is 55.1 Å². The van der Waals surface area contributed by atoms with E-state index in [-0.39, 0.29) is 5.91 Å². The molecule has 0 spiro atoms. The van der Waals surface area contributed by atoms with Crippen molar-refractivity contribution in [2.45, 2.75) is 39.0 Å². The van der Waals surface area contributed by atoms with Crippen LogP contribution in [-0.4, -0.2) is 10.9 Å². The minimum atomic E-state index is -0.672. The first-order valence-electron chi connectivity index (χ1n) is 6.83. The largest absolute Gasteiger partial charge is 0.392 e. The van der Waals surface area contributed by atoms with E-state index in [2.05, 4.69) is 21.2 Å². The Morgan fingerprint density at radius 2 is 2.00 bits per heavy atom. The van der Waals surface area contributed by atoms with Crippen LogP contribution in [0.25, 0.3) is 0 Å². The van der Waals surface area contributed by atoms with Crippen LogP contribution >= 0.6 is 28.1 Å². The second-order valence-corrected chi connectivity index (χ2v) is 6.72. The van der Waals surface area contributed by atoms with Gasteiger partial charge in [0.1, 0.15) is 0 Å². The zero-order valence-corrected chi connectivity index (χ0v) is 13.9. The van der Waals surface area contributed by atoms with Gasteiger partial charge in [0, 0.05) is 10.2 Å². The lowest BCUT2D eigenvalue weighted by Crippen LogP contribution is -2.47. The highest BCUT2D eigenvalue weighted by Gasteiger charge is 2.42. The molecule has 0 aromatic heterocycles. The Hall–Kier alpha value is -0.940.